The van der Waals surface area contributed by atoms with Gasteiger partial charge in [-0.3, -0.25) is 0 Å². The Morgan fingerprint density at radius 3 is 2.48 bits per heavy atom. The van der Waals surface area contributed by atoms with Gasteiger partial charge in [0.05, 0.1) is 0 Å². The number of nitrogens with one attached hydrogen (secondary N) is 1. The molecule has 0 saturated heterocycles. The Kier molecular flexibility index (Phi) is 3.60. The predicted octanol–water partition coefficient (Wildman–Crippen LogP) is 3.74. The van der Waals surface area contributed by atoms with Crippen LogP contribution in [0.4, 0.5) is 0 Å². The monoisotopic (exact) mass is 283 g/mol. The second kappa shape index (κ2) is 5.41. The van der Waals surface area contributed by atoms with Crippen molar-refractivity contribution in [2.24, 2.45) is 0 Å². The lowest BCUT2D eigenvalue weighted by Gasteiger charge is -2.16. The summed E-state index contributed by atoms with van der Waals surface area (Å²) >= 11 is 0. The van der Waals surface area contributed by atoms with Gasteiger partial charge in [-0.1, -0.05) is 25.1 Å². The van der Waals surface area contributed by atoms with Crippen LogP contribution in [-0.2, 0) is 6.54 Å². The third-order valence-corrected chi connectivity index (χ3v) is 4.40. The van der Waals surface area contributed by atoms with Crippen molar-refractivity contribution in [3.8, 4) is 11.5 Å². The lowest BCUT2D eigenvalue weighted by Crippen LogP contribution is -2.18. The maximum absolute atomic E-state index is 10.2. The molecule has 0 saturated carbocycles. The molecule has 3 rings (SSSR count). The smallest absolute Gasteiger partial charge is 0.120 e. The van der Waals surface area contributed by atoms with E-state index in [0.717, 1.165) is 24.1 Å². The molecule has 0 fully saturated rings. The molecule has 1 aliphatic rings. The Balaban J connectivity index is 1.80. The first kappa shape index (κ1) is 14.0. The first-order valence-electron chi connectivity index (χ1n) is 7.40. The lowest BCUT2D eigenvalue weighted by atomic mass is 9.97. The fraction of sp³-hybridized carbons (Fsp3) is 0.333. The summed E-state index contributed by atoms with van der Waals surface area (Å²) < 4.78 is 0. The molecular weight excluding hydrogens is 262 g/mol. The highest BCUT2D eigenvalue weighted by atomic mass is 16.3. The minimum Gasteiger partial charge on any atom is -0.508 e. The van der Waals surface area contributed by atoms with E-state index in [1.165, 1.54) is 11.1 Å². The van der Waals surface area contributed by atoms with Crippen LogP contribution in [0.15, 0.2) is 36.4 Å². The van der Waals surface area contributed by atoms with Crippen LogP contribution in [0.5, 0.6) is 11.5 Å². The van der Waals surface area contributed by atoms with Gasteiger partial charge < -0.3 is 15.5 Å². The van der Waals surface area contributed by atoms with Crippen molar-refractivity contribution in [2.75, 3.05) is 0 Å². The van der Waals surface area contributed by atoms with Crippen LogP contribution in [0.25, 0.3) is 0 Å². The number of fused-ring (bicyclic) bond motifs is 1. The second-order valence-electron chi connectivity index (χ2n) is 5.97. The molecule has 0 aliphatic heterocycles. The molecule has 2 aromatic carbocycles. The molecule has 0 spiro atoms. The molecule has 2 atom stereocenters. The van der Waals surface area contributed by atoms with E-state index in [1.807, 2.05) is 18.2 Å². The van der Waals surface area contributed by atoms with Crippen molar-refractivity contribution < 1.29 is 10.2 Å². The van der Waals surface area contributed by atoms with Gasteiger partial charge in [-0.15, -0.1) is 0 Å². The molecule has 0 bridgehead atoms. The standard InChI is InChI=1S/C18H21NO2/c1-11-3-8-16(21)18-15(9-12(2)17(11)18)19-10-13-4-6-14(20)7-5-13/h3-8,12,15,19-21H,9-10H2,1-2H3. The van der Waals surface area contributed by atoms with E-state index in [2.05, 4.69) is 19.2 Å². The van der Waals surface area contributed by atoms with Gasteiger partial charge >= 0.3 is 0 Å². The van der Waals surface area contributed by atoms with Gasteiger partial charge in [0, 0.05) is 18.2 Å². The van der Waals surface area contributed by atoms with E-state index in [-0.39, 0.29) is 11.8 Å². The zero-order chi connectivity index (χ0) is 15.0. The minimum atomic E-state index is 0.184. The average molecular weight is 283 g/mol. The SMILES string of the molecule is Cc1ccc(O)c2c1C(C)CC2NCc1ccc(O)cc1. The number of benzene rings is 2. The maximum Gasteiger partial charge on any atom is 0.120 e. The van der Waals surface area contributed by atoms with Crippen LogP contribution in [0.2, 0.25) is 0 Å². The topological polar surface area (TPSA) is 52.5 Å². The summed E-state index contributed by atoms with van der Waals surface area (Å²) in [4.78, 5) is 0. The van der Waals surface area contributed by atoms with E-state index in [1.54, 1.807) is 18.2 Å². The van der Waals surface area contributed by atoms with E-state index in [0.29, 0.717) is 11.7 Å². The summed E-state index contributed by atoms with van der Waals surface area (Å²) in [7, 11) is 0. The van der Waals surface area contributed by atoms with E-state index in [9.17, 15) is 10.2 Å². The molecule has 3 nitrogen and oxygen atoms in total. The van der Waals surface area contributed by atoms with Crippen LogP contribution >= 0.6 is 0 Å². The van der Waals surface area contributed by atoms with Gasteiger partial charge in [0.1, 0.15) is 11.5 Å². The number of aromatic hydroxyl groups is 2. The summed E-state index contributed by atoms with van der Waals surface area (Å²) in [5.41, 5.74) is 4.73. The van der Waals surface area contributed by atoms with Crippen molar-refractivity contribution in [2.45, 2.75) is 38.8 Å². The summed E-state index contributed by atoms with van der Waals surface area (Å²) in [6.07, 6.45) is 1.01. The highest BCUT2D eigenvalue weighted by Gasteiger charge is 2.31. The predicted molar refractivity (Wildman–Crippen MR) is 83.6 cm³/mol. The van der Waals surface area contributed by atoms with E-state index >= 15 is 0 Å². The quantitative estimate of drug-likeness (QED) is 0.804. The number of hydrogen-bond acceptors (Lipinski definition) is 3. The largest absolute Gasteiger partial charge is 0.508 e. The van der Waals surface area contributed by atoms with Gasteiger partial charge in [-0.25, -0.2) is 0 Å². The Bertz CT molecular complexity index is 649. The summed E-state index contributed by atoms with van der Waals surface area (Å²) in [6.45, 7) is 5.05. The van der Waals surface area contributed by atoms with Crippen LogP contribution < -0.4 is 5.32 Å². The van der Waals surface area contributed by atoms with Gasteiger partial charge in [-0.2, -0.15) is 0 Å². The van der Waals surface area contributed by atoms with Crippen LogP contribution in [0.3, 0.4) is 0 Å². The number of phenolic OH excluding ortho intramolecular Hbond substituents is 2. The lowest BCUT2D eigenvalue weighted by molar-refractivity contribution is 0.445. The third-order valence-electron chi connectivity index (χ3n) is 4.40. The first-order valence-corrected chi connectivity index (χ1v) is 7.40. The third kappa shape index (κ3) is 2.61. The van der Waals surface area contributed by atoms with E-state index in [4.69, 9.17) is 0 Å². The second-order valence-corrected chi connectivity index (χ2v) is 5.97. The highest BCUT2D eigenvalue weighted by molar-refractivity contribution is 5.50. The number of phenols is 2. The Hall–Kier alpha value is -2.00. The fourth-order valence-electron chi connectivity index (χ4n) is 3.38. The molecule has 1 aliphatic carbocycles. The normalized spacial score (nSPS) is 20.5. The Morgan fingerprint density at radius 2 is 1.76 bits per heavy atom. The van der Waals surface area contributed by atoms with Gasteiger partial charge in [-0.05, 0) is 54.2 Å². The minimum absolute atomic E-state index is 0.184. The molecule has 2 unspecified atom stereocenters. The zero-order valence-electron chi connectivity index (χ0n) is 12.4. The molecule has 0 heterocycles. The Labute approximate surface area is 125 Å². The molecule has 0 amide bonds. The summed E-state index contributed by atoms with van der Waals surface area (Å²) in [5.74, 6) is 1.14. The maximum atomic E-state index is 10.2. The first-order chi connectivity index (χ1) is 10.1. The molecule has 110 valence electrons. The summed E-state index contributed by atoms with van der Waals surface area (Å²) in [6, 6.07) is 11.2. The van der Waals surface area contributed by atoms with Crippen molar-refractivity contribution in [1.82, 2.24) is 5.32 Å². The number of aryl methyl sites for hydroxylation is 1. The molecule has 21 heavy (non-hydrogen) atoms. The van der Waals surface area contributed by atoms with Gasteiger partial charge in [0.15, 0.2) is 0 Å². The molecule has 2 aromatic rings. The molecule has 3 heteroatoms. The van der Waals surface area contributed by atoms with Crippen LogP contribution in [0.1, 0.15) is 47.6 Å². The fourth-order valence-corrected chi connectivity index (χ4v) is 3.38. The van der Waals surface area contributed by atoms with Crippen molar-refractivity contribution in [3.05, 3.63) is 58.7 Å². The molecule has 0 radical (unpaired) electrons. The van der Waals surface area contributed by atoms with Crippen LogP contribution in [-0.4, -0.2) is 10.2 Å². The van der Waals surface area contributed by atoms with E-state index < -0.39 is 0 Å². The van der Waals surface area contributed by atoms with Crippen molar-refractivity contribution >= 4 is 0 Å². The van der Waals surface area contributed by atoms with Crippen molar-refractivity contribution in [1.29, 1.82) is 0 Å². The molecule has 3 N–H and O–H groups in total. The number of rotatable bonds is 3. The average Bonchev–Trinajstić information content (AvgIpc) is 2.80. The highest BCUT2D eigenvalue weighted by Crippen LogP contribution is 2.45. The summed E-state index contributed by atoms with van der Waals surface area (Å²) in [5, 5.41) is 23.0. The Morgan fingerprint density at radius 1 is 1.05 bits per heavy atom. The van der Waals surface area contributed by atoms with Crippen LogP contribution in [0, 0.1) is 6.92 Å². The number of hydrogen-bond donors (Lipinski definition) is 3. The molecular formula is C18H21NO2. The van der Waals surface area contributed by atoms with Gasteiger partial charge in [0.25, 0.3) is 0 Å². The zero-order valence-corrected chi connectivity index (χ0v) is 12.4. The van der Waals surface area contributed by atoms with Crippen molar-refractivity contribution in [3.63, 3.8) is 0 Å². The van der Waals surface area contributed by atoms with Gasteiger partial charge in [0.2, 0.25) is 0 Å². The molecule has 0 aromatic heterocycles.